The number of rotatable bonds is 4. The topological polar surface area (TPSA) is 106 Å². The van der Waals surface area contributed by atoms with Crippen LogP contribution in [0.15, 0.2) is 71.3 Å². The quantitative estimate of drug-likeness (QED) is 0.395. The molecule has 0 radical (unpaired) electrons. The first-order chi connectivity index (χ1) is 14.9. The molecule has 1 spiro atoms. The zero-order valence-electron chi connectivity index (χ0n) is 16.6. The summed E-state index contributed by atoms with van der Waals surface area (Å²) in [5.41, 5.74) is 0.730. The lowest BCUT2D eigenvalue weighted by molar-refractivity contribution is -0.384. The Hall–Kier alpha value is -3.78. The fourth-order valence-corrected chi connectivity index (χ4v) is 5.14. The van der Waals surface area contributed by atoms with E-state index in [-0.39, 0.29) is 23.1 Å². The van der Waals surface area contributed by atoms with Crippen LogP contribution >= 0.6 is 0 Å². The third-order valence-corrected chi connectivity index (χ3v) is 6.41. The number of ketones is 1. The van der Waals surface area contributed by atoms with Gasteiger partial charge in [0.25, 0.3) is 5.69 Å². The highest BCUT2D eigenvalue weighted by molar-refractivity contribution is 6.11. The first kappa shape index (κ1) is 19.2. The van der Waals surface area contributed by atoms with Crippen LogP contribution in [0, 0.1) is 16.0 Å². The summed E-state index contributed by atoms with van der Waals surface area (Å²) >= 11 is 0. The van der Waals surface area contributed by atoms with Gasteiger partial charge in [0.2, 0.25) is 11.7 Å². The molecule has 1 N–H and O–H groups in total. The van der Waals surface area contributed by atoms with E-state index in [9.17, 15) is 19.7 Å². The molecule has 0 aliphatic carbocycles. The van der Waals surface area contributed by atoms with Crippen LogP contribution in [0.1, 0.15) is 27.6 Å². The molecule has 1 aromatic heterocycles. The van der Waals surface area contributed by atoms with E-state index in [1.54, 1.807) is 31.3 Å². The highest BCUT2D eigenvalue weighted by Gasteiger charge is 2.64. The van der Waals surface area contributed by atoms with Crippen LogP contribution in [-0.2, 0) is 10.3 Å². The molecule has 156 valence electrons. The molecule has 0 saturated carbocycles. The molecule has 3 atom stereocenters. The van der Waals surface area contributed by atoms with Gasteiger partial charge in [0, 0.05) is 35.8 Å². The van der Waals surface area contributed by atoms with Gasteiger partial charge in [0.15, 0.2) is 5.76 Å². The minimum atomic E-state index is -1.24. The number of carbonyl (C=O) groups is 2. The number of nitro groups is 1. The van der Waals surface area contributed by atoms with E-state index in [2.05, 4.69) is 5.32 Å². The molecule has 1 fully saturated rings. The Bertz CT molecular complexity index is 1210. The number of amides is 1. The third-order valence-electron chi connectivity index (χ3n) is 6.41. The Balaban J connectivity index is 1.72. The number of fused-ring (bicyclic) bond motifs is 2. The van der Waals surface area contributed by atoms with E-state index < -0.39 is 22.3 Å². The van der Waals surface area contributed by atoms with Crippen molar-refractivity contribution in [2.24, 2.45) is 5.92 Å². The van der Waals surface area contributed by atoms with Crippen molar-refractivity contribution in [3.8, 4) is 0 Å². The number of hydrogen-bond acceptors (Lipinski definition) is 6. The first-order valence-corrected chi connectivity index (χ1v) is 9.89. The van der Waals surface area contributed by atoms with Crippen molar-refractivity contribution in [3.63, 3.8) is 0 Å². The van der Waals surface area contributed by atoms with Crippen LogP contribution in [0.4, 0.5) is 11.4 Å². The second-order valence-corrected chi connectivity index (χ2v) is 7.92. The van der Waals surface area contributed by atoms with Crippen LogP contribution in [0.2, 0.25) is 0 Å². The summed E-state index contributed by atoms with van der Waals surface area (Å²) < 4.78 is 5.41. The maximum atomic E-state index is 13.7. The molecule has 0 bridgehead atoms. The van der Waals surface area contributed by atoms with Crippen molar-refractivity contribution in [2.45, 2.75) is 11.5 Å². The van der Waals surface area contributed by atoms with Gasteiger partial charge in [0.1, 0.15) is 5.54 Å². The summed E-state index contributed by atoms with van der Waals surface area (Å²) in [5, 5.41) is 14.3. The number of likely N-dealkylation sites (tertiary alicyclic amines) is 1. The van der Waals surface area contributed by atoms with Gasteiger partial charge in [-0.3, -0.25) is 24.6 Å². The number of hydrogen-bond donors (Lipinski definition) is 1. The van der Waals surface area contributed by atoms with E-state index >= 15 is 0 Å². The van der Waals surface area contributed by atoms with Gasteiger partial charge in [0.05, 0.1) is 17.1 Å². The number of Topliss-reactive ketones (excluding diaryl/α,β-unsaturated/α-hetero) is 1. The lowest BCUT2D eigenvalue weighted by Gasteiger charge is -2.35. The van der Waals surface area contributed by atoms with Gasteiger partial charge in [-0.15, -0.1) is 0 Å². The molecule has 8 heteroatoms. The van der Waals surface area contributed by atoms with Crippen molar-refractivity contribution in [1.29, 1.82) is 0 Å². The monoisotopic (exact) mass is 417 g/mol. The molecule has 1 amide bonds. The first-order valence-electron chi connectivity index (χ1n) is 9.89. The van der Waals surface area contributed by atoms with E-state index in [0.717, 1.165) is 5.56 Å². The van der Waals surface area contributed by atoms with Gasteiger partial charge in [-0.05, 0) is 30.8 Å². The maximum absolute atomic E-state index is 13.7. The lowest BCUT2D eigenvalue weighted by atomic mass is 9.71. The predicted molar refractivity (Wildman–Crippen MR) is 112 cm³/mol. The van der Waals surface area contributed by atoms with Crippen LogP contribution in [-0.4, -0.2) is 35.1 Å². The van der Waals surface area contributed by atoms with E-state index in [1.807, 2.05) is 29.2 Å². The molecule has 2 aliphatic rings. The van der Waals surface area contributed by atoms with Crippen molar-refractivity contribution in [1.82, 2.24) is 4.90 Å². The number of furan rings is 1. The minimum absolute atomic E-state index is 0.0541. The SMILES string of the molecule is CN1C[C@@H](c2cccc([N+](=O)[O-])c2)[C@H](C(=O)c2ccco2)[C@]12C(=O)Nc1ccccc12. The molecule has 2 aliphatic heterocycles. The number of non-ortho nitro benzene ring substituents is 1. The lowest BCUT2D eigenvalue weighted by Crippen LogP contribution is -2.51. The Morgan fingerprint density at radius 1 is 1.19 bits per heavy atom. The minimum Gasteiger partial charge on any atom is -0.461 e. The average Bonchev–Trinajstić information content (AvgIpc) is 3.47. The van der Waals surface area contributed by atoms with E-state index in [0.29, 0.717) is 17.8 Å². The Kier molecular flexibility index (Phi) is 4.26. The Labute approximate surface area is 177 Å². The highest BCUT2D eigenvalue weighted by Crippen LogP contribution is 2.55. The second-order valence-electron chi connectivity index (χ2n) is 7.92. The molecule has 2 aromatic carbocycles. The van der Waals surface area contributed by atoms with E-state index in [1.165, 1.54) is 18.4 Å². The Morgan fingerprint density at radius 2 is 2.00 bits per heavy atom. The van der Waals surface area contributed by atoms with Gasteiger partial charge in [-0.25, -0.2) is 0 Å². The standard InChI is InChI=1S/C23H19N3O5/c1-25-13-16(14-6-4-7-15(12-14)26(29)30)20(21(27)19-10-5-11-31-19)23(25)17-8-2-3-9-18(17)24-22(23)28/h2-12,16,20H,13H2,1H3,(H,24,28)/t16-,20+,23+/m0/s1. The average molecular weight is 417 g/mol. The number of anilines is 1. The number of benzene rings is 2. The van der Waals surface area contributed by atoms with Crippen LogP contribution in [0.25, 0.3) is 0 Å². The zero-order valence-corrected chi connectivity index (χ0v) is 16.6. The van der Waals surface area contributed by atoms with Crippen molar-refractivity contribution >= 4 is 23.1 Å². The number of nitro benzene ring substituents is 1. The third kappa shape index (κ3) is 2.65. The van der Waals surface area contributed by atoms with Crippen molar-refractivity contribution in [2.75, 3.05) is 18.9 Å². The van der Waals surface area contributed by atoms with Crippen molar-refractivity contribution in [3.05, 3.63) is 93.9 Å². The molecule has 31 heavy (non-hydrogen) atoms. The number of nitrogens with zero attached hydrogens (tertiary/aromatic N) is 2. The fourth-order valence-electron chi connectivity index (χ4n) is 5.14. The summed E-state index contributed by atoms with van der Waals surface area (Å²) in [4.78, 5) is 40.0. The van der Waals surface area contributed by atoms with Gasteiger partial charge >= 0.3 is 0 Å². The summed E-state index contributed by atoms with van der Waals surface area (Å²) in [6.07, 6.45) is 1.42. The molecule has 3 aromatic rings. The van der Waals surface area contributed by atoms with Gasteiger partial charge in [-0.1, -0.05) is 30.3 Å². The summed E-state index contributed by atoms with van der Waals surface area (Å²) in [6, 6.07) is 16.8. The number of likely N-dealkylation sites (N-methyl/N-ethyl adjacent to an activating group) is 1. The molecule has 3 heterocycles. The molecule has 0 unspecified atom stereocenters. The molecule has 1 saturated heterocycles. The number of nitrogens with one attached hydrogen (secondary N) is 1. The van der Waals surface area contributed by atoms with Gasteiger partial charge < -0.3 is 9.73 Å². The van der Waals surface area contributed by atoms with Crippen LogP contribution in [0.5, 0.6) is 0 Å². The normalized spacial score (nSPS) is 24.9. The molecular formula is C23H19N3O5. The van der Waals surface area contributed by atoms with Crippen molar-refractivity contribution < 1.29 is 18.9 Å². The van der Waals surface area contributed by atoms with Crippen LogP contribution in [0.3, 0.4) is 0 Å². The number of carbonyl (C=O) groups excluding carboxylic acids is 2. The molecule has 5 rings (SSSR count). The smallest absolute Gasteiger partial charge is 0.269 e. The fraction of sp³-hybridized carbons (Fsp3) is 0.217. The number of para-hydroxylation sites is 1. The Morgan fingerprint density at radius 3 is 2.74 bits per heavy atom. The second kappa shape index (κ2) is 6.88. The maximum Gasteiger partial charge on any atom is 0.269 e. The summed E-state index contributed by atoms with van der Waals surface area (Å²) in [6.45, 7) is 0.375. The summed E-state index contributed by atoms with van der Waals surface area (Å²) in [5.74, 6) is -1.70. The largest absolute Gasteiger partial charge is 0.461 e. The predicted octanol–water partition coefficient (Wildman–Crippen LogP) is 3.56. The molecule has 8 nitrogen and oxygen atoms in total. The van der Waals surface area contributed by atoms with Crippen LogP contribution < -0.4 is 5.32 Å². The molecular weight excluding hydrogens is 398 g/mol. The van der Waals surface area contributed by atoms with E-state index in [4.69, 9.17) is 4.42 Å². The summed E-state index contributed by atoms with van der Waals surface area (Å²) in [7, 11) is 1.81. The highest BCUT2D eigenvalue weighted by atomic mass is 16.6. The van der Waals surface area contributed by atoms with Gasteiger partial charge in [-0.2, -0.15) is 0 Å². The zero-order chi connectivity index (χ0) is 21.8.